The Hall–Kier alpha value is -2.41. The second kappa shape index (κ2) is 6.72. The fraction of sp³-hybridized carbons (Fsp3) is 0.625. The number of likely N-dealkylation sites (N-methyl/N-ethyl adjacent to an activating group) is 1. The molecule has 1 aliphatic carbocycles. The molecule has 1 amide bonds. The molecule has 140 valence electrons. The van der Waals surface area contributed by atoms with E-state index < -0.39 is 39.6 Å². The van der Waals surface area contributed by atoms with Gasteiger partial charge in [-0.3, -0.25) is 14.2 Å². The third kappa shape index (κ3) is 3.44. The Morgan fingerprint density at radius 1 is 1.35 bits per heavy atom. The molecule has 0 spiro atoms. The lowest BCUT2D eigenvalue weighted by Gasteiger charge is -2.27. The van der Waals surface area contributed by atoms with Crippen LogP contribution in [0.1, 0.15) is 37.8 Å². The normalized spacial score (nSPS) is 21.3. The van der Waals surface area contributed by atoms with Crippen molar-refractivity contribution >= 4 is 15.7 Å². The summed E-state index contributed by atoms with van der Waals surface area (Å²) in [5.74, 6) is -0.572. The summed E-state index contributed by atoms with van der Waals surface area (Å²) in [6.07, 6.45) is 3.18. The Bertz CT molecular complexity index is 997. The first-order valence-electron chi connectivity index (χ1n) is 8.53. The summed E-state index contributed by atoms with van der Waals surface area (Å²) >= 11 is 0. The average molecular weight is 380 g/mol. The van der Waals surface area contributed by atoms with Crippen molar-refractivity contribution in [1.29, 1.82) is 5.26 Å². The summed E-state index contributed by atoms with van der Waals surface area (Å²) in [5, 5.41) is 9.14. The molecule has 0 N–H and O–H groups in total. The highest BCUT2D eigenvalue weighted by molar-refractivity contribution is 7.91. The van der Waals surface area contributed by atoms with Crippen molar-refractivity contribution in [3.63, 3.8) is 0 Å². The first kappa shape index (κ1) is 18.4. The van der Waals surface area contributed by atoms with Gasteiger partial charge in [-0.05, 0) is 26.2 Å². The van der Waals surface area contributed by atoms with Crippen LogP contribution in [0.5, 0.6) is 0 Å². The molecule has 1 saturated carbocycles. The van der Waals surface area contributed by atoms with Crippen LogP contribution in [0.3, 0.4) is 0 Å². The van der Waals surface area contributed by atoms with E-state index in [1.807, 2.05) is 0 Å². The molecule has 2 aliphatic rings. The van der Waals surface area contributed by atoms with Crippen molar-refractivity contribution in [3.05, 3.63) is 32.6 Å². The SMILES string of the molecule is CCN(C(=O)Cn1c(=O)c(C#N)cn(C2CC2)c1=O)C1CCS(=O)(=O)C1. The van der Waals surface area contributed by atoms with E-state index in [1.165, 1.54) is 15.7 Å². The van der Waals surface area contributed by atoms with E-state index in [0.717, 1.165) is 17.4 Å². The number of amides is 1. The molecular formula is C16H20N4O5S. The van der Waals surface area contributed by atoms with Crippen molar-refractivity contribution in [2.24, 2.45) is 0 Å². The largest absolute Gasteiger partial charge is 0.337 e. The molecule has 26 heavy (non-hydrogen) atoms. The lowest BCUT2D eigenvalue weighted by atomic mass is 10.2. The molecule has 1 atom stereocenters. The number of rotatable bonds is 5. The molecule has 1 aromatic heterocycles. The first-order chi connectivity index (χ1) is 12.3. The summed E-state index contributed by atoms with van der Waals surface area (Å²) < 4.78 is 25.5. The van der Waals surface area contributed by atoms with Crippen molar-refractivity contribution in [1.82, 2.24) is 14.0 Å². The minimum Gasteiger partial charge on any atom is -0.337 e. The first-order valence-corrected chi connectivity index (χ1v) is 10.4. The molecule has 9 nitrogen and oxygen atoms in total. The van der Waals surface area contributed by atoms with Crippen LogP contribution in [0, 0.1) is 11.3 Å². The Labute approximate surface area is 150 Å². The van der Waals surface area contributed by atoms with Gasteiger partial charge in [0.2, 0.25) is 5.91 Å². The van der Waals surface area contributed by atoms with Crippen LogP contribution >= 0.6 is 0 Å². The summed E-state index contributed by atoms with van der Waals surface area (Å²) in [5.41, 5.74) is -1.59. The van der Waals surface area contributed by atoms with Gasteiger partial charge < -0.3 is 4.90 Å². The predicted molar refractivity (Wildman–Crippen MR) is 92.4 cm³/mol. The van der Waals surface area contributed by atoms with Crippen molar-refractivity contribution in [3.8, 4) is 6.07 Å². The van der Waals surface area contributed by atoms with Gasteiger partial charge in [-0.15, -0.1) is 0 Å². The highest BCUT2D eigenvalue weighted by atomic mass is 32.2. The fourth-order valence-corrected chi connectivity index (χ4v) is 5.07. The highest BCUT2D eigenvalue weighted by Gasteiger charge is 2.34. The number of hydrogen-bond acceptors (Lipinski definition) is 6. The molecule has 3 rings (SSSR count). The van der Waals surface area contributed by atoms with Gasteiger partial charge in [0.25, 0.3) is 5.56 Å². The number of sulfone groups is 1. The number of carbonyl (C=O) groups is 1. The molecule has 1 aromatic rings. The highest BCUT2D eigenvalue weighted by Crippen LogP contribution is 2.33. The Balaban J connectivity index is 1.91. The molecule has 0 aromatic carbocycles. The van der Waals surface area contributed by atoms with Crippen LogP contribution in [0.4, 0.5) is 0 Å². The summed E-state index contributed by atoms with van der Waals surface area (Å²) in [4.78, 5) is 39.0. The standard InChI is InChI=1S/C16H20N4O5S/c1-2-18(13-5-6-26(24,25)10-13)14(21)9-20-15(22)11(7-17)8-19(16(20)23)12-3-4-12/h8,12-13H,2-6,9-10H2,1H3. The fourth-order valence-electron chi connectivity index (χ4n) is 3.34. The second-order valence-corrected chi connectivity index (χ2v) is 8.93. The number of hydrogen-bond donors (Lipinski definition) is 0. The molecule has 2 fully saturated rings. The van der Waals surface area contributed by atoms with Crippen LogP contribution in [-0.2, 0) is 21.2 Å². The number of carbonyl (C=O) groups excluding carboxylic acids is 1. The minimum atomic E-state index is -3.16. The monoisotopic (exact) mass is 380 g/mol. The lowest BCUT2D eigenvalue weighted by Crippen LogP contribution is -2.48. The Kier molecular flexibility index (Phi) is 4.75. The van der Waals surface area contributed by atoms with Crippen molar-refractivity contribution in [2.75, 3.05) is 18.1 Å². The van der Waals surface area contributed by atoms with Crippen LogP contribution in [-0.4, -0.2) is 52.5 Å². The average Bonchev–Trinajstić information content (AvgIpc) is 3.36. The van der Waals surface area contributed by atoms with Gasteiger partial charge in [-0.2, -0.15) is 5.26 Å². The van der Waals surface area contributed by atoms with Crippen LogP contribution in [0.2, 0.25) is 0 Å². The maximum Gasteiger partial charge on any atom is 0.331 e. The number of nitrogens with zero attached hydrogens (tertiary/aromatic N) is 4. The lowest BCUT2D eigenvalue weighted by molar-refractivity contribution is -0.133. The Morgan fingerprint density at radius 2 is 2.04 bits per heavy atom. The van der Waals surface area contributed by atoms with Crippen LogP contribution in [0.15, 0.2) is 15.8 Å². The second-order valence-electron chi connectivity index (χ2n) is 6.70. The van der Waals surface area contributed by atoms with E-state index in [2.05, 4.69) is 0 Å². The number of aromatic nitrogens is 2. The molecule has 0 radical (unpaired) electrons. The van der Waals surface area contributed by atoms with E-state index in [1.54, 1.807) is 13.0 Å². The zero-order chi connectivity index (χ0) is 19.1. The van der Waals surface area contributed by atoms with Crippen molar-refractivity contribution < 1.29 is 13.2 Å². The van der Waals surface area contributed by atoms with E-state index in [9.17, 15) is 22.8 Å². The molecule has 2 heterocycles. The number of nitriles is 1. The Morgan fingerprint density at radius 3 is 2.54 bits per heavy atom. The molecule has 1 saturated heterocycles. The summed E-state index contributed by atoms with van der Waals surface area (Å²) in [6, 6.07) is 1.28. The van der Waals surface area contributed by atoms with E-state index in [-0.39, 0.29) is 29.7 Å². The molecular weight excluding hydrogens is 360 g/mol. The van der Waals surface area contributed by atoms with Gasteiger partial charge in [0.1, 0.15) is 18.2 Å². The zero-order valence-electron chi connectivity index (χ0n) is 14.4. The smallest absolute Gasteiger partial charge is 0.331 e. The van der Waals surface area contributed by atoms with Crippen molar-refractivity contribution in [2.45, 2.75) is 44.8 Å². The zero-order valence-corrected chi connectivity index (χ0v) is 15.2. The van der Waals surface area contributed by atoms with Gasteiger partial charge in [-0.1, -0.05) is 0 Å². The van der Waals surface area contributed by atoms with Crippen LogP contribution in [0.25, 0.3) is 0 Å². The van der Waals surface area contributed by atoms with E-state index in [4.69, 9.17) is 5.26 Å². The third-order valence-electron chi connectivity index (χ3n) is 4.86. The summed E-state index contributed by atoms with van der Waals surface area (Å²) in [6.45, 7) is 1.51. The predicted octanol–water partition coefficient (Wildman–Crippen LogP) is -0.748. The van der Waals surface area contributed by atoms with Crippen LogP contribution < -0.4 is 11.2 Å². The summed E-state index contributed by atoms with van der Waals surface area (Å²) in [7, 11) is -3.16. The van der Waals surface area contributed by atoms with E-state index in [0.29, 0.717) is 6.42 Å². The molecule has 1 unspecified atom stereocenters. The van der Waals surface area contributed by atoms with Gasteiger partial charge in [-0.25, -0.2) is 17.8 Å². The maximum atomic E-state index is 12.7. The van der Waals surface area contributed by atoms with E-state index >= 15 is 0 Å². The maximum absolute atomic E-state index is 12.7. The molecule has 1 aliphatic heterocycles. The quantitative estimate of drug-likeness (QED) is 0.662. The van der Waals surface area contributed by atoms with Gasteiger partial charge in [0, 0.05) is 24.8 Å². The minimum absolute atomic E-state index is 0.0276. The molecule has 10 heteroatoms. The third-order valence-corrected chi connectivity index (χ3v) is 6.61. The van der Waals surface area contributed by atoms with Gasteiger partial charge >= 0.3 is 5.69 Å². The van der Waals surface area contributed by atoms with Gasteiger partial charge in [0.05, 0.1) is 11.5 Å². The van der Waals surface area contributed by atoms with Gasteiger partial charge in [0.15, 0.2) is 9.84 Å². The topological polar surface area (TPSA) is 122 Å². The molecule has 0 bridgehead atoms.